The molecule has 0 aromatic heterocycles. The number of rotatable bonds is 12. The quantitative estimate of drug-likeness (QED) is 0.107. The van der Waals surface area contributed by atoms with Crippen molar-refractivity contribution in [1.29, 1.82) is 0 Å². The molecule has 9 aromatic rings. The van der Waals surface area contributed by atoms with E-state index in [9.17, 15) is 0 Å². The fourth-order valence-corrected chi connectivity index (χ4v) is 85.4. The molecule has 0 aliphatic heterocycles. The maximum atomic E-state index is 2.92. The zero-order valence-corrected chi connectivity index (χ0v) is 37.9. The Morgan fingerprint density at radius 2 is 0.333 bits per heavy atom. The second-order valence-electron chi connectivity index (χ2n) is 14.9. The Kier molecular flexibility index (Phi) is 11.8. The Morgan fingerprint density at radius 1 is 0.217 bits per heavy atom. The van der Waals surface area contributed by atoms with Gasteiger partial charge in [-0.1, -0.05) is 0 Å². The molecule has 0 heterocycles. The fourth-order valence-electron chi connectivity index (χ4n) is 9.80. The van der Waals surface area contributed by atoms with E-state index in [1.54, 1.807) is 0 Å². The van der Waals surface area contributed by atoms with Gasteiger partial charge in [-0.25, -0.2) is 0 Å². The van der Waals surface area contributed by atoms with Gasteiger partial charge in [-0.2, -0.15) is 0 Å². The van der Waals surface area contributed by atoms with E-state index in [-0.39, 0.29) is 0 Å². The third-order valence-corrected chi connectivity index (χ3v) is 65.2. The fraction of sp³-hybridized carbons (Fsp3) is 0.0179. The first-order valence-corrected chi connectivity index (χ1v) is 31.5. The minimum absolute atomic E-state index is 1.45. The standard InChI is InChI=1S/3C18H15P.C2H4.Co/c3*1-4-10-16(11-5-1)19(17-12-6-2-7-13-17)18-14-8-3-9-15-18;1-2;/h3*1-15H;1H,2H3;/q;;;;-3/p+3. The average Bonchev–Trinajstić information content (AvgIpc) is 3.35. The molecule has 0 radical (unpaired) electrons. The molecule has 0 aliphatic rings. The van der Waals surface area contributed by atoms with Gasteiger partial charge in [0.15, 0.2) is 0 Å². The summed E-state index contributed by atoms with van der Waals surface area (Å²) >= 11 is 0. The molecule has 0 saturated heterocycles. The van der Waals surface area contributed by atoms with E-state index in [4.69, 9.17) is 0 Å². The van der Waals surface area contributed by atoms with E-state index in [0.29, 0.717) is 0 Å². The average molecular weight is 877 g/mol. The Balaban J connectivity index is 1.75. The molecule has 0 N–H and O–H groups in total. The van der Waals surface area contributed by atoms with Crippen molar-refractivity contribution in [2.45, 2.75) is 6.92 Å². The summed E-state index contributed by atoms with van der Waals surface area (Å²) in [5.41, 5.74) is 0. The summed E-state index contributed by atoms with van der Waals surface area (Å²) in [5, 5.41) is 13.1. The summed E-state index contributed by atoms with van der Waals surface area (Å²) < 4.78 is 0. The van der Waals surface area contributed by atoms with E-state index >= 15 is 0 Å². The van der Waals surface area contributed by atoms with E-state index < -0.39 is 28.9 Å². The molecule has 0 spiro atoms. The Labute approximate surface area is 359 Å². The second kappa shape index (κ2) is 17.7. The molecule has 0 saturated carbocycles. The van der Waals surface area contributed by atoms with Gasteiger partial charge in [-0.3, -0.25) is 0 Å². The molecule has 0 bridgehead atoms. The van der Waals surface area contributed by atoms with Crippen LogP contribution in [0.2, 0.25) is 0 Å². The zero-order chi connectivity index (χ0) is 40.7. The molecule has 0 amide bonds. The van der Waals surface area contributed by atoms with E-state index in [1.807, 2.05) is 0 Å². The molecular weight excluding hydrogens is 824 g/mol. The molecule has 60 heavy (non-hydrogen) atoms. The molecule has 9 rings (SSSR count). The summed E-state index contributed by atoms with van der Waals surface area (Å²) in [7, 11) is -2.87. The third-order valence-electron chi connectivity index (χ3n) is 11.9. The number of hydrogen-bond donors (Lipinski definition) is 0. The topological polar surface area (TPSA) is 0 Å². The SMILES string of the molecule is C[CH]=[Co]([PH](c1ccccc1)(c1ccccc1)c1ccccc1)([PH](c1ccccc1)(c1ccccc1)c1ccccc1)[PH](c1ccccc1)(c1ccccc1)c1ccccc1. The van der Waals surface area contributed by atoms with Crippen LogP contribution in [-0.2, 0) is 10.9 Å². The van der Waals surface area contributed by atoms with Crippen molar-refractivity contribution in [3.8, 4) is 0 Å². The van der Waals surface area contributed by atoms with Crippen LogP contribution < -0.4 is 47.7 Å². The molecule has 0 aliphatic carbocycles. The monoisotopic (exact) mass is 876 g/mol. The maximum absolute atomic E-state index is 3.39. The first-order valence-electron chi connectivity index (χ1n) is 20.7. The van der Waals surface area contributed by atoms with Crippen LogP contribution in [-0.4, -0.2) is 4.96 Å². The minimum atomic E-state index is -3.39. The molecule has 0 fully saturated rings. The summed E-state index contributed by atoms with van der Waals surface area (Å²) in [6.45, 7) is 2.50. The summed E-state index contributed by atoms with van der Waals surface area (Å²) in [6, 6.07) is 106. The number of benzene rings is 9. The van der Waals surface area contributed by atoms with Gasteiger partial charge in [0.05, 0.1) is 0 Å². The van der Waals surface area contributed by atoms with Gasteiger partial charge in [-0.05, 0) is 0 Å². The van der Waals surface area contributed by atoms with Crippen molar-refractivity contribution in [3.05, 3.63) is 273 Å². The van der Waals surface area contributed by atoms with Gasteiger partial charge >= 0.3 is 361 Å². The van der Waals surface area contributed by atoms with Crippen LogP contribution in [0.5, 0.6) is 0 Å². The van der Waals surface area contributed by atoms with Gasteiger partial charge in [0.2, 0.25) is 0 Å². The molecular formula is C56H52CoP3. The summed E-state index contributed by atoms with van der Waals surface area (Å²) in [6.07, 6.45) is 0. The predicted octanol–water partition coefficient (Wildman–Crippen LogP) is 9.89. The van der Waals surface area contributed by atoms with Crippen molar-refractivity contribution < 1.29 is 10.9 Å². The van der Waals surface area contributed by atoms with Crippen molar-refractivity contribution in [2.75, 3.05) is 0 Å². The van der Waals surface area contributed by atoms with Crippen molar-refractivity contribution >= 4 is 70.7 Å². The van der Waals surface area contributed by atoms with Crippen LogP contribution in [0.3, 0.4) is 0 Å². The van der Waals surface area contributed by atoms with E-state index in [1.165, 1.54) is 47.7 Å². The summed E-state index contributed by atoms with van der Waals surface area (Å²) in [4.78, 5) is 2.92. The Hall–Kier alpha value is -5.35. The second-order valence-corrected chi connectivity index (χ2v) is 43.8. The van der Waals surface area contributed by atoms with Crippen LogP contribution in [0, 0.1) is 0 Å². The van der Waals surface area contributed by atoms with Crippen LogP contribution in [0.4, 0.5) is 0 Å². The van der Waals surface area contributed by atoms with Crippen molar-refractivity contribution in [3.63, 3.8) is 0 Å². The molecule has 9 aromatic carbocycles. The van der Waals surface area contributed by atoms with Gasteiger partial charge < -0.3 is 0 Å². The molecule has 0 unspecified atom stereocenters. The summed E-state index contributed by atoms with van der Waals surface area (Å²) in [5.74, 6) is -10.2. The van der Waals surface area contributed by atoms with Gasteiger partial charge in [0.25, 0.3) is 0 Å². The Morgan fingerprint density at radius 3 is 0.433 bits per heavy atom. The van der Waals surface area contributed by atoms with Gasteiger partial charge in [0, 0.05) is 0 Å². The molecule has 0 nitrogen and oxygen atoms in total. The van der Waals surface area contributed by atoms with Crippen molar-refractivity contribution in [2.24, 2.45) is 0 Å². The first-order chi connectivity index (χ1) is 29.8. The molecule has 0 atom stereocenters. The van der Waals surface area contributed by atoms with Crippen LogP contribution in [0.15, 0.2) is 273 Å². The number of hydrogen-bond acceptors (Lipinski definition) is 0. The van der Waals surface area contributed by atoms with Crippen LogP contribution in [0.1, 0.15) is 6.92 Å². The molecule has 300 valence electrons. The van der Waals surface area contributed by atoms with Crippen molar-refractivity contribution in [1.82, 2.24) is 0 Å². The van der Waals surface area contributed by atoms with E-state index in [2.05, 4.69) is 285 Å². The van der Waals surface area contributed by atoms with Crippen LogP contribution in [0.25, 0.3) is 0 Å². The predicted molar refractivity (Wildman–Crippen MR) is 271 cm³/mol. The third kappa shape index (κ3) is 6.19. The van der Waals surface area contributed by atoms with E-state index in [0.717, 1.165) is 0 Å². The molecule has 4 heteroatoms. The van der Waals surface area contributed by atoms with Gasteiger partial charge in [-0.15, -0.1) is 0 Å². The normalized spacial score (nSPS) is 14.2. The Bertz CT molecular complexity index is 2190. The van der Waals surface area contributed by atoms with Gasteiger partial charge in [0.1, 0.15) is 0 Å². The van der Waals surface area contributed by atoms with Crippen LogP contribution >= 0.6 is 18.0 Å². The zero-order valence-electron chi connectivity index (χ0n) is 33.9. The first kappa shape index (κ1) is 40.1.